The Hall–Kier alpha value is -1.68. The Morgan fingerprint density at radius 3 is 2.71 bits per heavy atom. The van der Waals surface area contributed by atoms with Gasteiger partial charge < -0.3 is 5.11 Å². The molecule has 1 N–H and O–H groups in total. The van der Waals surface area contributed by atoms with E-state index in [9.17, 15) is 5.11 Å². The van der Waals surface area contributed by atoms with Crippen LogP contribution in [0.2, 0.25) is 0 Å². The van der Waals surface area contributed by atoms with Gasteiger partial charge in [0.15, 0.2) is 0 Å². The molecule has 0 radical (unpaired) electrons. The van der Waals surface area contributed by atoms with Crippen molar-refractivity contribution in [3.8, 4) is 0 Å². The molecule has 1 aromatic heterocycles. The Morgan fingerprint density at radius 1 is 1.29 bits per heavy atom. The third-order valence-electron chi connectivity index (χ3n) is 2.92. The lowest BCUT2D eigenvalue weighted by atomic mass is 9.96. The number of aliphatic hydroxyl groups excluding tert-OH is 1. The largest absolute Gasteiger partial charge is 0.396 e. The summed E-state index contributed by atoms with van der Waals surface area (Å²) in [6.07, 6.45) is 2.28. The maximum absolute atomic E-state index is 9.48. The first-order chi connectivity index (χ1) is 8.35. The summed E-state index contributed by atoms with van der Waals surface area (Å²) in [5.41, 5.74) is 1.14. The minimum atomic E-state index is 0.0886. The standard InChI is InChI=1S/C13H17N3O/c1-2-16-13(14-10-15-16)8-12(9-17)11-6-4-3-5-7-11/h3-7,10,12,17H,2,8-9H2,1H3. The molecule has 0 aliphatic carbocycles. The summed E-state index contributed by atoms with van der Waals surface area (Å²) in [6, 6.07) is 10.0. The zero-order valence-electron chi connectivity index (χ0n) is 9.95. The van der Waals surface area contributed by atoms with Crippen molar-refractivity contribution < 1.29 is 5.11 Å². The topological polar surface area (TPSA) is 50.9 Å². The van der Waals surface area contributed by atoms with Gasteiger partial charge >= 0.3 is 0 Å². The molecule has 0 saturated heterocycles. The molecular formula is C13H17N3O. The lowest BCUT2D eigenvalue weighted by Crippen LogP contribution is -2.12. The van der Waals surface area contributed by atoms with Crippen LogP contribution < -0.4 is 0 Å². The van der Waals surface area contributed by atoms with Gasteiger partial charge in [0.25, 0.3) is 0 Å². The second kappa shape index (κ2) is 5.59. The van der Waals surface area contributed by atoms with E-state index in [1.165, 1.54) is 0 Å². The van der Waals surface area contributed by atoms with Gasteiger partial charge in [0, 0.05) is 18.9 Å². The van der Waals surface area contributed by atoms with Crippen LogP contribution in [0.5, 0.6) is 0 Å². The number of aromatic nitrogens is 3. The average Bonchev–Trinajstić information content (AvgIpc) is 2.84. The number of nitrogens with zero attached hydrogens (tertiary/aromatic N) is 3. The summed E-state index contributed by atoms with van der Waals surface area (Å²) in [5.74, 6) is 1.01. The Morgan fingerprint density at radius 2 is 2.06 bits per heavy atom. The van der Waals surface area contributed by atoms with E-state index in [1.54, 1.807) is 6.33 Å². The first-order valence-electron chi connectivity index (χ1n) is 5.87. The fourth-order valence-electron chi connectivity index (χ4n) is 1.94. The summed E-state index contributed by atoms with van der Waals surface area (Å²) in [6.45, 7) is 2.97. The molecule has 1 unspecified atom stereocenters. The summed E-state index contributed by atoms with van der Waals surface area (Å²) < 4.78 is 1.87. The normalized spacial score (nSPS) is 12.6. The van der Waals surface area contributed by atoms with E-state index < -0.39 is 0 Å². The monoisotopic (exact) mass is 231 g/mol. The summed E-state index contributed by atoms with van der Waals surface area (Å²) in [7, 11) is 0. The highest BCUT2D eigenvalue weighted by atomic mass is 16.3. The van der Waals surface area contributed by atoms with Crippen molar-refractivity contribution in [3.05, 3.63) is 48.0 Å². The number of aliphatic hydroxyl groups is 1. The van der Waals surface area contributed by atoms with Gasteiger partial charge in [0.2, 0.25) is 0 Å². The van der Waals surface area contributed by atoms with Crippen molar-refractivity contribution in [1.29, 1.82) is 0 Å². The lowest BCUT2D eigenvalue weighted by molar-refractivity contribution is 0.262. The molecule has 90 valence electrons. The fourth-order valence-corrected chi connectivity index (χ4v) is 1.94. The summed E-state index contributed by atoms with van der Waals surface area (Å²) in [4.78, 5) is 4.24. The Labute approximate surface area is 101 Å². The van der Waals surface area contributed by atoms with E-state index in [4.69, 9.17) is 0 Å². The maximum Gasteiger partial charge on any atom is 0.138 e. The van der Waals surface area contributed by atoms with Crippen LogP contribution in [-0.2, 0) is 13.0 Å². The number of benzene rings is 1. The van der Waals surface area contributed by atoms with Crippen LogP contribution in [0.4, 0.5) is 0 Å². The van der Waals surface area contributed by atoms with Crippen LogP contribution in [0.15, 0.2) is 36.7 Å². The third kappa shape index (κ3) is 2.71. The molecule has 0 fully saturated rings. The molecule has 0 amide bonds. The molecular weight excluding hydrogens is 214 g/mol. The molecule has 1 aromatic carbocycles. The van der Waals surface area contributed by atoms with Crippen LogP contribution in [-0.4, -0.2) is 26.5 Å². The van der Waals surface area contributed by atoms with Crippen molar-refractivity contribution in [2.24, 2.45) is 0 Å². The van der Waals surface area contributed by atoms with Crippen molar-refractivity contribution in [2.75, 3.05) is 6.61 Å². The first kappa shape index (κ1) is 11.8. The maximum atomic E-state index is 9.48. The molecule has 0 aliphatic heterocycles. The lowest BCUT2D eigenvalue weighted by Gasteiger charge is -2.14. The Kier molecular flexibility index (Phi) is 3.88. The molecule has 0 spiro atoms. The van der Waals surface area contributed by atoms with Gasteiger partial charge in [-0.05, 0) is 12.5 Å². The van der Waals surface area contributed by atoms with Gasteiger partial charge in [-0.2, -0.15) is 5.10 Å². The number of hydrogen-bond donors (Lipinski definition) is 1. The van der Waals surface area contributed by atoms with Crippen molar-refractivity contribution in [2.45, 2.75) is 25.8 Å². The molecule has 2 rings (SSSR count). The molecule has 0 saturated carbocycles. The van der Waals surface area contributed by atoms with Crippen LogP contribution in [0.1, 0.15) is 24.2 Å². The first-order valence-corrected chi connectivity index (χ1v) is 5.87. The van der Waals surface area contributed by atoms with Crippen LogP contribution in [0, 0.1) is 0 Å². The second-order valence-electron chi connectivity index (χ2n) is 3.99. The predicted octanol–water partition coefficient (Wildman–Crippen LogP) is 1.62. The molecule has 0 aliphatic rings. The van der Waals surface area contributed by atoms with Gasteiger partial charge in [-0.3, -0.25) is 4.68 Å². The zero-order valence-corrected chi connectivity index (χ0v) is 9.95. The molecule has 0 bridgehead atoms. The second-order valence-corrected chi connectivity index (χ2v) is 3.99. The minimum Gasteiger partial charge on any atom is -0.396 e. The van der Waals surface area contributed by atoms with E-state index in [1.807, 2.05) is 41.9 Å². The molecule has 17 heavy (non-hydrogen) atoms. The molecule has 1 heterocycles. The van der Waals surface area contributed by atoms with Crippen LogP contribution >= 0.6 is 0 Å². The van der Waals surface area contributed by atoms with E-state index in [-0.39, 0.29) is 12.5 Å². The highest BCUT2D eigenvalue weighted by molar-refractivity contribution is 5.20. The summed E-state index contributed by atoms with van der Waals surface area (Å²) >= 11 is 0. The smallest absolute Gasteiger partial charge is 0.138 e. The highest BCUT2D eigenvalue weighted by Crippen LogP contribution is 2.19. The number of hydrogen-bond acceptors (Lipinski definition) is 3. The van der Waals surface area contributed by atoms with E-state index >= 15 is 0 Å². The predicted molar refractivity (Wildman–Crippen MR) is 65.7 cm³/mol. The van der Waals surface area contributed by atoms with Gasteiger partial charge in [-0.25, -0.2) is 4.98 Å². The van der Waals surface area contributed by atoms with Gasteiger partial charge in [0.1, 0.15) is 12.2 Å². The van der Waals surface area contributed by atoms with Gasteiger partial charge in [-0.1, -0.05) is 30.3 Å². The highest BCUT2D eigenvalue weighted by Gasteiger charge is 2.14. The Balaban J connectivity index is 2.16. The van der Waals surface area contributed by atoms with Crippen LogP contribution in [0.3, 0.4) is 0 Å². The van der Waals surface area contributed by atoms with Crippen molar-refractivity contribution >= 4 is 0 Å². The zero-order chi connectivity index (χ0) is 12.1. The molecule has 4 heteroatoms. The Bertz CT molecular complexity index is 453. The minimum absolute atomic E-state index is 0.0886. The third-order valence-corrected chi connectivity index (χ3v) is 2.92. The van der Waals surface area contributed by atoms with Gasteiger partial charge in [-0.15, -0.1) is 0 Å². The van der Waals surface area contributed by atoms with E-state index in [0.717, 1.165) is 17.9 Å². The van der Waals surface area contributed by atoms with Gasteiger partial charge in [0.05, 0.1) is 6.61 Å². The SMILES string of the molecule is CCn1ncnc1CC(CO)c1ccccc1. The number of rotatable bonds is 5. The average molecular weight is 231 g/mol. The van der Waals surface area contributed by atoms with E-state index in [2.05, 4.69) is 10.1 Å². The van der Waals surface area contributed by atoms with Crippen molar-refractivity contribution in [1.82, 2.24) is 14.8 Å². The molecule has 1 atom stereocenters. The van der Waals surface area contributed by atoms with Crippen LogP contribution in [0.25, 0.3) is 0 Å². The summed E-state index contributed by atoms with van der Waals surface area (Å²) in [5, 5.41) is 13.6. The van der Waals surface area contributed by atoms with E-state index in [0.29, 0.717) is 6.42 Å². The fraction of sp³-hybridized carbons (Fsp3) is 0.385. The molecule has 2 aromatic rings. The quantitative estimate of drug-likeness (QED) is 0.850. The molecule has 4 nitrogen and oxygen atoms in total. The van der Waals surface area contributed by atoms with Crippen molar-refractivity contribution in [3.63, 3.8) is 0 Å². The number of aryl methyl sites for hydroxylation is 1.